The molecular formula is C36H50O3. The Morgan fingerprint density at radius 1 is 0.821 bits per heavy atom. The van der Waals surface area contributed by atoms with Crippen molar-refractivity contribution in [1.29, 1.82) is 0 Å². The zero-order valence-electron chi connectivity index (χ0n) is 24.9. The van der Waals surface area contributed by atoms with Gasteiger partial charge in [0.05, 0.1) is 25.9 Å². The summed E-state index contributed by atoms with van der Waals surface area (Å²) in [7, 11) is 0. The highest BCUT2D eigenvalue weighted by molar-refractivity contribution is 5.28. The van der Waals surface area contributed by atoms with Crippen molar-refractivity contribution in [1.82, 2.24) is 0 Å². The fourth-order valence-electron chi connectivity index (χ4n) is 9.58. The SMILES string of the molecule is CC1=CC[C@H]2[C@]3(C)CC[C@@H](OCc4ccccc4)C(C)(C)[C@H]3CC[C@]2(C)[C@@]1(CCO)COCc1ccccc1. The van der Waals surface area contributed by atoms with Gasteiger partial charge in [0.1, 0.15) is 0 Å². The number of hydrogen-bond donors (Lipinski definition) is 1. The second-order valence-corrected chi connectivity index (χ2v) is 13.9. The number of fused-ring (bicyclic) bond motifs is 3. The lowest BCUT2D eigenvalue weighted by molar-refractivity contribution is -0.216. The molecule has 0 heterocycles. The summed E-state index contributed by atoms with van der Waals surface area (Å²) >= 11 is 0. The first-order valence-electron chi connectivity index (χ1n) is 15.2. The van der Waals surface area contributed by atoms with Gasteiger partial charge in [-0.3, -0.25) is 0 Å². The second-order valence-electron chi connectivity index (χ2n) is 13.9. The number of benzene rings is 2. The molecule has 6 atom stereocenters. The Hall–Kier alpha value is -1.94. The maximum Gasteiger partial charge on any atom is 0.0720 e. The van der Waals surface area contributed by atoms with Gasteiger partial charge in [-0.15, -0.1) is 0 Å². The second kappa shape index (κ2) is 11.1. The highest BCUT2D eigenvalue weighted by Crippen LogP contribution is 2.72. The zero-order chi connectivity index (χ0) is 27.7. The standard InChI is InChI=1S/C36H50O3/c1-27-16-17-31-34(4)20-19-32(39-25-29-14-10-7-11-15-29)33(2,3)30(34)18-21-35(31,5)36(27,22-23-37)26-38-24-28-12-8-6-9-13-28/h6-16,30-32,37H,17-26H2,1-5H3/t30-,31+,32-,34-,35+,36+/m1/s1. The Kier molecular flexibility index (Phi) is 8.17. The van der Waals surface area contributed by atoms with Crippen molar-refractivity contribution in [3.8, 4) is 0 Å². The van der Waals surface area contributed by atoms with Crippen LogP contribution in [-0.2, 0) is 22.7 Å². The largest absolute Gasteiger partial charge is 0.396 e. The van der Waals surface area contributed by atoms with Crippen molar-refractivity contribution < 1.29 is 14.6 Å². The van der Waals surface area contributed by atoms with Crippen LogP contribution in [0.4, 0.5) is 0 Å². The molecule has 3 aliphatic rings. The Labute approximate surface area is 237 Å². The topological polar surface area (TPSA) is 38.7 Å². The maximum absolute atomic E-state index is 10.4. The van der Waals surface area contributed by atoms with E-state index in [1.807, 2.05) is 0 Å². The molecule has 212 valence electrons. The average Bonchev–Trinajstić information content (AvgIpc) is 2.92. The molecule has 3 aliphatic carbocycles. The van der Waals surface area contributed by atoms with Crippen molar-refractivity contribution in [2.45, 2.75) is 92.5 Å². The molecule has 0 spiro atoms. The Bertz CT molecular complexity index is 1120. The number of rotatable bonds is 9. The van der Waals surface area contributed by atoms with Gasteiger partial charge in [0.15, 0.2) is 0 Å². The first kappa shape index (κ1) is 28.6. The minimum Gasteiger partial charge on any atom is -0.396 e. The number of aliphatic hydroxyl groups excluding tert-OH is 1. The van der Waals surface area contributed by atoms with E-state index in [1.54, 1.807) is 0 Å². The first-order valence-corrected chi connectivity index (χ1v) is 15.2. The maximum atomic E-state index is 10.4. The van der Waals surface area contributed by atoms with Crippen molar-refractivity contribution in [3.05, 3.63) is 83.4 Å². The molecular weight excluding hydrogens is 480 g/mol. The van der Waals surface area contributed by atoms with Crippen molar-refractivity contribution >= 4 is 0 Å². The van der Waals surface area contributed by atoms with Gasteiger partial charge in [-0.25, -0.2) is 0 Å². The zero-order valence-corrected chi connectivity index (χ0v) is 24.9. The van der Waals surface area contributed by atoms with Gasteiger partial charge in [0, 0.05) is 12.0 Å². The van der Waals surface area contributed by atoms with Crippen LogP contribution in [0.1, 0.15) is 84.3 Å². The molecule has 5 rings (SSSR count). The summed E-state index contributed by atoms with van der Waals surface area (Å²) < 4.78 is 13.2. The molecule has 0 unspecified atom stereocenters. The van der Waals surface area contributed by atoms with E-state index in [1.165, 1.54) is 36.0 Å². The van der Waals surface area contributed by atoms with Gasteiger partial charge in [-0.05, 0) is 84.7 Å². The molecule has 39 heavy (non-hydrogen) atoms. The normalized spacial score (nSPS) is 35.5. The molecule has 0 aliphatic heterocycles. The van der Waals surface area contributed by atoms with E-state index in [2.05, 4.69) is 101 Å². The molecule has 3 heteroatoms. The number of ether oxygens (including phenoxy) is 2. The highest BCUT2D eigenvalue weighted by atomic mass is 16.5. The molecule has 3 nitrogen and oxygen atoms in total. The minimum atomic E-state index is -0.141. The summed E-state index contributed by atoms with van der Waals surface area (Å²) in [5.74, 6) is 1.18. The molecule has 1 N–H and O–H groups in total. The minimum absolute atomic E-state index is 0.0876. The molecule has 0 aromatic heterocycles. The lowest BCUT2D eigenvalue weighted by atomic mass is 9.36. The average molecular weight is 531 g/mol. The van der Waals surface area contributed by atoms with E-state index in [0.717, 1.165) is 19.3 Å². The van der Waals surface area contributed by atoms with Crippen molar-refractivity contribution in [3.63, 3.8) is 0 Å². The van der Waals surface area contributed by atoms with Crippen molar-refractivity contribution in [2.24, 2.45) is 33.5 Å². The van der Waals surface area contributed by atoms with Crippen LogP contribution >= 0.6 is 0 Å². The van der Waals surface area contributed by atoms with Crippen LogP contribution in [0.15, 0.2) is 72.3 Å². The van der Waals surface area contributed by atoms with Crippen LogP contribution in [0.5, 0.6) is 0 Å². The Morgan fingerprint density at radius 2 is 1.46 bits per heavy atom. The molecule has 0 saturated heterocycles. The summed E-state index contributed by atoms with van der Waals surface area (Å²) in [4.78, 5) is 0. The summed E-state index contributed by atoms with van der Waals surface area (Å²) in [6.45, 7) is 14.6. The summed E-state index contributed by atoms with van der Waals surface area (Å²) in [5.41, 5.74) is 4.19. The lowest BCUT2D eigenvalue weighted by Gasteiger charge is -2.69. The molecule has 0 amide bonds. The summed E-state index contributed by atoms with van der Waals surface area (Å²) in [5, 5.41) is 10.4. The molecule has 0 radical (unpaired) electrons. The van der Waals surface area contributed by atoms with Crippen LogP contribution in [-0.4, -0.2) is 24.4 Å². The Morgan fingerprint density at radius 3 is 2.10 bits per heavy atom. The van der Waals surface area contributed by atoms with Crippen LogP contribution in [0.25, 0.3) is 0 Å². The lowest BCUT2D eigenvalue weighted by Crippen LogP contribution is -2.64. The van der Waals surface area contributed by atoms with Gasteiger partial charge in [0.25, 0.3) is 0 Å². The summed E-state index contributed by atoms with van der Waals surface area (Å²) in [6, 6.07) is 21.1. The van der Waals surface area contributed by atoms with Gasteiger partial charge < -0.3 is 14.6 Å². The van der Waals surface area contributed by atoms with Crippen LogP contribution in [0, 0.1) is 33.5 Å². The fourth-order valence-corrected chi connectivity index (χ4v) is 9.58. The van der Waals surface area contributed by atoms with Crippen LogP contribution < -0.4 is 0 Å². The van der Waals surface area contributed by atoms with Crippen LogP contribution in [0.3, 0.4) is 0 Å². The number of aliphatic hydroxyl groups is 1. The third-order valence-corrected chi connectivity index (χ3v) is 11.8. The first-order chi connectivity index (χ1) is 18.7. The molecule has 2 saturated carbocycles. The van der Waals surface area contributed by atoms with Gasteiger partial charge >= 0.3 is 0 Å². The van der Waals surface area contributed by atoms with Gasteiger partial charge in [0.2, 0.25) is 0 Å². The highest BCUT2D eigenvalue weighted by Gasteiger charge is 2.66. The van der Waals surface area contributed by atoms with E-state index in [-0.39, 0.29) is 34.4 Å². The Balaban J connectivity index is 1.39. The summed E-state index contributed by atoms with van der Waals surface area (Å²) in [6.07, 6.45) is 9.38. The number of hydrogen-bond acceptors (Lipinski definition) is 3. The van der Waals surface area contributed by atoms with E-state index in [0.29, 0.717) is 31.7 Å². The van der Waals surface area contributed by atoms with E-state index < -0.39 is 0 Å². The third-order valence-electron chi connectivity index (χ3n) is 11.8. The van der Waals surface area contributed by atoms with Gasteiger partial charge in [-0.2, -0.15) is 0 Å². The fraction of sp³-hybridized carbons (Fsp3) is 0.611. The van der Waals surface area contributed by atoms with E-state index >= 15 is 0 Å². The van der Waals surface area contributed by atoms with E-state index in [4.69, 9.17) is 9.47 Å². The predicted molar refractivity (Wildman–Crippen MR) is 159 cm³/mol. The quantitative estimate of drug-likeness (QED) is 0.331. The molecule has 2 aromatic rings. The number of allylic oxidation sites excluding steroid dienone is 1. The smallest absolute Gasteiger partial charge is 0.0720 e. The third kappa shape index (κ3) is 4.94. The van der Waals surface area contributed by atoms with Crippen LogP contribution in [0.2, 0.25) is 0 Å². The van der Waals surface area contributed by atoms with Crippen molar-refractivity contribution in [2.75, 3.05) is 13.2 Å². The van der Waals surface area contributed by atoms with E-state index in [9.17, 15) is 5.11 Å². The molecule has 2 fully saturated rings. The predicted octanol–water partition coefficient (Wildman–Crippen LogP) is 8.37. The molecule has 0 bridgehead atoms. The molecule has 2 aromatic carbocycles. The van der Waals surface area contributed by atoms with Gasteiger partial charge in [-0.1, -0.05) is 100 Å². The monoisotopic (exact) mass is 530 g/mol.